The van der Waals surface area contributed by atoms with E-state index in [9.17, 15) is 14.7 Å². The monoisotopic (exact) mass is 441 g/mol. The van der Waals surface area contributed by atoms with Crippen LogP contribution in [0, 0.1) is 0 Å². The van der Waals surface area contributed by atoms with Gasteiger partial charge >= 0.3 is 11.8 Å². The van der Waals surface area contributed by atoms with E-state index in [1.807, 2.05) is 13.8 Å². The minimum Gasteiger partial charge on any atom is -0.508 e. The normalized spacial score (nSPS) is 11.1. The highest BCUT2D eigenvalue weighted by molar-refractivity contribution is 7.99. The van der Waals surface area contributed by atoms with Crippen molar-refractivity contribution in [2.24, 2.45) is 0 Å². The first-order chi connectivity index (χ1) is 14.8. The van der Waals surface area contributed by atoms with Crippen molar-refractivity contribution in [3.63, 3.8) is 0 Å². The number of anilines is 1. The molecular formula is C22H23N3O5S. The van der Waals surface area contributed by atoms with Gasteiger partial charge in [0.05, 0.1) is 18.9 Å². The lowest BCUT2D eigenvalue weighted by atomic mass is 10.1. The van der Waals surface area contributed by atoms with E-state index in [-0.39, 0.29) is 5.75 Å². The predicted octanol–water partition coefficient (Wildman–Crippen LogP) is 3.68. The zero-order valence-electron chi connectivity index (χ0n) is 17.3. The Kier molecular flexibility index (Phi) is 6.86. The van der Waals surface area contributed by atoms with E-state index in [4.69, 9.17) is 9.15 Å². The molecule has 3 N–H and O–H groups in total. The van der Waals surface area contributed by atoms with E-state index in [2.05, 4.69) is 15.6 Å². The van der Waals surface area contributed by atoms with E-state index in [0.29, 0.717) is 28.5 Å². The molecular weight excluding hydrogens is 418 g/mol. The third kappa shape index (κ3) is 6.02. The Hall–Kier alpha value is -3.46. The summed E-state index contributed by atoms with van der Waals surface area (Å²) in [6.45, 7) is 3.67. The van der Waals surface area contributed by atoms with Gasteiger partial charge < -0.3 is 24.9 Å². The molecule has 3 rings (SSSR count). The average molecular weight is 442 g/mol. The van der Waals surface area contributed by atoms with Gasteiger partial charge in [-0.05, 0) is 50.2 Å². The first-order valence-corrected chi connectivity index (χ1v) is 10.4. The Morgan fingerprint density at radius 2 is 1.90 bits per heavy atom. The number of phenols is 1. The molecule has 8 nitrogen and oxygen atoms in total. The van der Waals surface area contributed by atoms with Crippen LogP contribution in [0.2, 0.25) is 0 Å². The highest BCUT2D eigenvalue weighted by atomic mass is 32.2. The molecule has 1 heterocycles. The van der Waals surface area contributed by atoms with E-state index in [1.54, 1.807) is 48.7 Å². The molecule has 0 saturated carbocycles. The van der Waals surface area contributed by atoms with Crippen LogP contribution >= 0.6 is 11.8 Å². The summed E-state index contributed by atoms with van der Waals surface area (Å²) in [7, 11) is 1.50. The molecule has 0 fully saturated rings. The Morgan fingerprint density at radius 1 is 1.16 bits per heavy atom. The lowest BCUT2D eigenvalue weighted by Crippen LogP contribution is -2.49. The second-order valence-electron chi connectivity index (χ2n) is 7.36. The number of benzene rings is 2. The first kappa shape index (κ1) is 22.2. The minimum atomic E-state index is -0.780. The number of carbonyl (C=O) groups is 2. The van der Waals surface area contributed by atoms with Gasteiger partial charge in [-0.3, -0.25) is 9.59 Å². The van der Waals surface area contributed by atoms with Crippen molar-refractivity contribution in [1.82, 2.24) is 10.3 Å². The summed E-state index contributed by atoms with van der Waals surface area (Å²) in [4.78, 5) is 29.6. The number of rotatable bonds is 7. The molecule has 2 aromatic carbocycles. The number of methoxy groups -OCH3 is 1. The summed E-state index contributed by atoms with van der Waals surface area (Å²) < 4.78 is 10.6. The number of phenolic OH excluding ortho intramolecular Hbond substituents is 1. The van der Waals surface area contributed by atoms with Crippen molar-refractivity contribution >= 4 is 29.3 Å². The number of hydrogen-bond donors (Lipinski definition) is 3. The van der Waals surface area contributed by atoms with Gasteiger partial charge in [-0.15, -0.1) is 11.8 Å². The van der Waals surface area contributed by atoms with Crippen LogP contribution in [0.3, 0.4) is 0 Å². The SMILES string of the molecule is COc1cc(NC(=O)C(=O)NC(C)(C)CSc2ccc(O)cc2)ccc1-c1cnco1. The van der Waals surface area contributed by atoms with E-state index < -0.39 is 17.4 Å². The molecule has 0 unspecified atom stereocenters. The predicted molar refractivity (Wildman–Crippen MR) is 118 cm³/mol. The first-order valence-electron chi connectivity index (χ1n) is 9.39. The van der Waals surface area contributed by atoms with Crippen LogP contribution in [0.4, 0.5) is 5.69 Å². The molecule has 9 heteroatoms. The van der Waals surface area contributed by atoms with E-state index in [1.165, 1.54) is 25.3 Å². The van der Waals surface area contributed by atoms with Gasteiger partial charge in [0, 0.05) is 27.9 Å². The lowest BCUT2D eigenvalue weighted by Gasteiger charge is -2.25. The van der Waals surface area contributed by atoms with Gasteiger partial charge in [0.15, 0.2) is 12.2 Å². The van der Waals surface area contributed by atoms with Crippen molar-refractivity contribution in [2.75, 3.05) is 18.2 Å². The fourth-order valence-electron chi connectivity index (χ4n) is 2.72. The fourth-order valence-corrected chi connectivity index (χ4v) is 3.64. The van der Waals surface area contributed by atoms with Crippen LogP contribution in [-0.4, -0.2) is 40.3 Å². The van der Waals surface area contributed by atoms with Gasteiger partial charge in [-0.25, -0.2) is 4.98 Å². The molecule has 0 aliphatic heterocycles. The minimum absolute atomic E-state index is 0.194. The van der Waals surface area contributed by atoms with Crippen molar-refractivity contribution < 1.29 is 23.8 Å². The van der Waals surface area contributed by atoms with Crippen molar-refractivity contribution in [2.45, 2.75) is 24.3 Å². The third-order valence-electron chi connectivity index (χ3n) is 4.25. The second-order valence-corrected chi connectivity index (χ2v) is 8.40. The topological polar surface area (TPSA) is 114 Å². The summed E-state index contributed by atoms with van der Waals surface area (Å²) in [6.07, 6.45) is 2.87. The molecule has 1 aromatic heterocycles. The highest BCUT2D eigenvalue weighted by Crippen LogP contribution is 2.32. The number of aromatic hydroxyl groups is 1. The van der Waals surface area contributed by atoms with Crippen LogP contribution in [0.1, 0.15) is 13.8 Å². The van der Waals surface area contributed by atoms with Crippen molar-refractivity contribution in [1.29, 1.82) is 0 Å². The van der Waals surface area contributed by atoms with Gasteiger partial charge in [-0.2, -0.15) is 0 Å². The largest absolute Gasteiger partial charge is 0.508 e. The third-order valence-corrected chi connectivity index (χ3v) is 5.72. The van der Waals surface area contributed by atoms with Crippen molar-refractivity contribution in [3.05, 3.63) is 55.1 Å². The Bertz CT molecular complexity index is 1050. The highest BCUT2D eigenvalue weighted by Gasteiger charge is 2.25. The quantitative estimate of drug-likeness (QED) is 0.379. The molecule has 0 radical (unpaired) electrons. The summed E-state index contributed by atoms with van der Waals surface area (Å²) in [5.41, 5.74) is 0.455. The number of hydrogen-bond acceptors (Lipinski definition) is 7. The fraction of sp³-hybridized carbons (Fsp3) is 0.227. The number of oxazole rings is 1. The molecule has 0 atom stereocenters. The molecule has 0 aliphatic carbocycles. The summed E-state index contributed by atoms with van der Waals surface area (Å²) >= 11 is 1.51. The van der Waals surface area contributed by atoms with Crippen LogP contribution < -0.4 is 15.4 Å². The molecule has 3 aromatic rings. The van der Waals surface area contributed by atoms with Gasteiger partial charge in [0.2, 0.25) is 0 Å². The van der Waals surface area contributed by atoms with E-state index >= 15 is 0 Å². The molecule has 0 aliphatic rings. The Morgan fingerprint density at radius 3 is 2.55 bits per heavy atom. The number of thioether (sulfide) groups is 1. The average Bonchev–Trinajstić information content (AvgIpc) is 3.27. The summed E-state index contributed by atoms with van der Waals surface area (Å²) in [5, 5.41) is 14.7. The Balaban J connectivity index is 1.59. The maximum atomic E-state index is 12.4. The van der Waals surface area contributed by atoms with Crippen LogP contribution in [0.5, 0.6) is 11.5 Å². The number of nitrogens with one attached hydrogen (secondary N) is 2. The molecule has 31 heavy (non-hydrogen) atoms. The number of nitrogens with zero attached hydrogens (tertiary/aromatic N) is 1. The molecule has 0 spiro atoms. The lowest BCUT2D eigenvalue weighted by molar-refractivity contribution is -0.137. The smallest absolute Gasteiger partial charge is 0.313 e. The summed E-state index contributed by atoms with van der Waals surface area (Å²) in [6, 6.07) is 11.8. The van der Waals surface area contributed by atoms with Crippen LogP contribution in [0.15, 0.2) is 64.4 Å². The van der Waals surface area contributed by atoms with Gasteiger partial charge in [-0.1, -0.05) is 0 Å². The standard InChI is InChI=1S/C22H23N3O5S/c1-22(2,12-31-16-7-5-15(26)6-8-16)25-21(28)20(27)24-14-4-9-17(18(10-14)29-3)19-11-23-13-30-19/h4-11,13,26H,12H2,1-3H3,(H,24,27)(H,25,28). The number of amides is 2. The molecule has 2 amide bonds. The number of carbonyl (C=O) groups excluding carboxylic acids is 2. The van der Waals surface area contributed by atoms with Crippen LogP contribution in [-0.2, 0) is 9.59 Å². The second kappa shape index (κ2) is 9.57. The molecule has 0 saturated heterocycles. The number of aromatic nitrogens is 1. The zero-order valence-corrected chi connectivity index (χ0v) is 18.2. The number of ether oxygens (including phenoxy) is 1. The van der Waals surface area contributed by atoms with Crippen LogP contribution in [0.25, 0.3) is 11.3 Å². The van der Waals surface area contributed by atoms with Gasteiger partial charge in [0.1, 0.15) is 11.5 Å². The summed E-state index contributed by atoms with van der Waals surface area (Å²) in [5.74, 6) is 0.211. The maximum Gasteiger partial charge on any atom is 0.313 e. The zero-order chi connectivity index (χ0) is 22.4. The Labute approximate surface area is 184 Å². The van der Waals surface area contributed by atoms with E-state index in [0.717, 1.165) is 4.90 Å². The molecule has 0 bridgehead atoms. The maximum absolute atomic E-state index is 12.4. The molecule has 162 valence electrons. The van der Waals surface area contributed by atoms with Gasteiger partial charge in [0.25, 0.3) is 0 Å². The van der Waals surface area contributed by atoms with Crippen molar-refractivity contribution in [3.8, 4) is 22.8 Å².